The van der Waals surface area contributed by atoms with E-state index in [4.69, 9.17) is 19.9 Å². The lowest BCUT2D eigenvalue weighted by molar-refractivity contribution is -0.286. The van der Waals surface area contributed by atoms with E-state index in [0.717, 1.165) is 12.8 Å². The van der Waals surface area contributed by atoms with Crippen LogP contribution in [0.4, 0.5) is 8.78 Å². The third kappa shape index (κ3) is 5.99. The van der Waals surface area contributed by atoms with Gasteiger partial charge in [-0.2, -0.15) is 0 Å². The van der Waals surface area contributed by atoms with Crippen LogP contribution < -0.4 is 25.3 Å². The number of carbonyl (C=O) groups is 2. The third-order valence-corrected chi connectivity index (χ3v) is 8.15. The van der Waals surface area contributed by atoms with Crippen molar-refractivity contribution in [2.75, 3.05) is 13.2 Å². The van der Waals surface area contributed by atoms with Gasteiger partial charge in [0.25, 0.3) is 5.91 Å². The number of nitrogens with zero attached hydrogens (tertiary/aromatic N) is 2. The van der Waals surface area contributed by atoms with Gasteiger partial charge in [0.1, 0.15) is 22.6 Å². The highest BCUT2D eigenvalue weighted by Crippen LogP contribution is 2.45. The van der Waals surface area contributed by atoms with Crippen molar-refractivity contribution in [3.8, 4) is 28.5 Å². The molecule has 3 heterocycles. The van der Waals surface area contributed by atoms with E-state index in [2.05, 4.69) is 19.8 Å². The Balaban J connectivity index is 1.29. The molecule has 48 heavy (non-hydrogen) atoms. The standard InChI is InChI=1S/C35H30F2N4O7/c1-2-45-31-22(17-29(38)42)16-28(41-30(31)20-11-13-25-27(14-20)48-35(36,37)47-25)34(44,23-6-4-3-5-7-23)18-39-32(43)21-10-12-24-26(15-21)46-33(40-24)19-8-9-19/h3-7,10-16,19,44H,2,8-9,17-18H2,1H3,(H2,38,42)(H,39,43)/t34-/m1/s1. The summed E-state index contributed by atoms with van der Waals surface area (Å²) in [6, 6.07) is 19.0. The molecule has 0 unspecified atom stereocenters. The lowest BCUT2D eigenvalue weighted by Crippen LogP contribution is -2.42. The summed E-state index contributed by atoms with van der Waals surface area (Å²) < 4.78 is 48.7. The number of aromatic nitrogens is 2. The Bertz CT molecular complexity index is 2050. The molecule has 13 heteroatoms. The molecule has 0 saturated heterocycles. The van der Waals surface area contributed by atoms with E-state index in [0.29, 0.717) is 34.0 Å². The molecule has 246 valence electrons. The first kappa shape index (κ1) is 31.1. The fourth-order valence-corrected chi connectivity index (χ4v) is 5.67. The van der Waals surface area contributed by atoms with Gasteiger partial charge in [-0.1, -0.05) is 30.3 Å². The maximum Gasteiger partial charge on any atom is 0.586 e. The number of primary amides is 1. The van der Waals surface area contributed by atoms with Crippen molar-refractivity contribution in [1.82, 2.24) is 15.3 Å². The summed E-state index contributed by atoms with van der Waals surface area (Å²) in [6.45, 7) is 1.55. The Hall–Kier alpha value is -5.56. The van der Waals surface area contributed by atoms with Crippen molar-refractivity contribution in [3.05, 3.63) is 101 Å². The van der Waals surface area contributed by atoms with Crippen LogP contribution in [0.3, 0.4) is 0 Å². The summed E-state index contributed by atoms with van der Waals surface area (Å²) in [6.07, 6.45) is -2.10. The van der Waals surface area contributed by atoms with E-state index >= 15 is 0 Å². The number of fused-ring (bicyclic) bond motifs is 2. The van der Waals surface area contributed by atoms with Gasteiger partial charge < -0.3 is 34.8 Å². The fourth-order valence-electron chi connectivity index (χ4n) is 5.67. The smallest absolute Gasteiger partial charge is 0.491 e. The molecule has 1 atom stereocenters. The Morgan fingerprint density at radius 3 is 2.54 bits per heavy atom. The Morgan fingerprint density at radius 1 is 1.04 bits per heavy atom. The molecule has 2 aromatic heterocycles. The Morgan fingerprint density at radius 2 is 1.81 bits per heavy atom. The number of nitrogens with one attached hydrogen (secondary N) is 1. The third-order valence-electron chi connectivity index (χ3n) is 8.15. The van der Waals surface area contributed by atoms with E-state index in [1.54, 1.807) is 55.5 Å². The number of carbonyl (C=O) groups excluding carboxylic acids is 2. The number of pyridine rings is 1. The van der Waals surface area contributed by atoms with Crippen LogP contribution in [0.1, 0.15) is 58.8 Å². The lowest BCUT2D eigenvalue weighted by Gasteiger charge is -2.30. The Labute approximate surface area is 272 Å². The first-order chi connectivity index (χ1) is 23.0. The number of amides is 2. The number of hydrogen-bond acceptors (Lipinski definition) is 9. The van der Waals surface area contributed by atoms with E-state index < -0.39 is 23.7 Å². The summed E-state index contributed by atoms with van der Waals surface area (Å²) in [5.74, 6) is -0.463. The maximum absolute atomic E-state index is 13.9. The van der Waals surface area contributed by atoms with E-state index in [9.17, 15) is 23.5 Å². The topological polar surface area (TPSA) is 159 Å². The molecule has 4 N–H and O–H groups in total. The molecule has 11 nitrogen and oxygen atoms in total. The summed E-state index contributed by atoms with van der Waals surface area (Å²) in [7, 11) is 0. The first-order valence-electron chi connectivity index (χ1n) is 15.4. The molecule has 0 spiro atoms. The highest BCUT2D eigenvalue weighted by molar-refractivity contribution is 5.97. The lowest BCUT2D eigenvalue weighted by atomic mass is 9.87. The van der Waals surface area contributed by atoms with Gasteiger partial charge in [0.2, 0.25) is 5.91 Å². The molecule has 3 aromatic carbocycles. The summed E-state index contributed by atoms with van der Waals surface area (Å²) in [5.41, 5.74) is 6.17. The van der Waals surface area contributed by atoms with Gasteiger partial charge in [0.15, 0.2) is 23.0 Å². The first-order valence-corrected chi connectivity index (χ1v) is 15.4. The predicted molar refractivity (Wildman–Crippen MR) is 168 cm³/mol. The average molecular weight is 657 g/mol. The zero-order chi connectivity index (χ0) is 33.6. The van der Waals surface area contributed by atoms with Crippen LogP contribution in [-0.4, -0.2) is 46.3 Å². The van der Waals surface area contributed by atoms with Crippen LogP contribution in [0.15, 0.2) is 77.2 Å². The molecular weight excluding hydrogens is 626 g/mol. The fraction of sp³-hybridized carbons (Fsp3) is 0.257. The van der Waals surface area contributed by atoms with E-state index in [-0.39, 0.29) is 59.3 Å². The number of nitrogens with two attached hydrogens (primary N) is 1. The maximum atomic E-state index is 13.9. The summed E-state index contributed by atoms with van der Waals surface area (Å²) >= 11 is 0. The van der Waals surface area contributed by atoms with Crippen LogP contribution in [0, 0.1) is 0 Å². The number of aliphatic hydroxyl groups is 1. The number of oxazole rings is 1. The molecule has 0 bridgehead atoms. The van der Waals surface area contributed by atoms with Crippen LogP contribution in [0.2, 0.25) is 0 Å². The van der Waals surface area contributed by atoms with E-state index in [1.807, 2.05) is 0 Å². The Kier molecular flexibility index (Phi) is 7.71. The van der Waals surface area contributed by atoms with Crippen molar-refractivity contribution in [1.29, 1.82) is 0 Å². The van der Waals surface area contributed by atoms with Crippen LogP contribution in [-0.2, 0) is 16.8 Å². The van der Waals surface area contributed by atoms with Crippen molar-refractivity contribution in [2.24, 2.45) is 5.73 Å². The minimum Gasteiger partial charge on any atom is -0.491 e. The van der Waals surface area contributed by atoms with Crippen molar-refractivity contribution >= 4 is 22.9 Å². The highest BCUT2D eigenvalue weighted by Gasteiger charge is 2.44. The van der Waals surface area contributed by atoms with Crippen molar-refractivity contribution < 1.29 is 42.1 Å². The molecule has 2 aliphatic rings. The number of benzene rings is 3. The number of ether oxygens (including phenoxy) is 3. The van der Waals surface area contributed by atoms with Crippen LogP contribution >= 0.6 is 0 Å². The summed E-state index contributed by atoms with van der Waals surface area (Å²) in [5, 5.41) is 15.3. The minimum atomic E-state index is -3.85. The molecule has 1 saturated carbocycles. The molecule has 1 aliphatic heterocycles. The second-order valence-electron chi connectivity index (χ2n) is 11.7. The van der Waals surface area contributed by atoms with Crippen LogP contribution in [0.5, 0.6) is 17.2 Å². The quantitative estimate of drug-likeness (QED) is 0.174. The largest absolute Gasteiger partial charge is 0.586 e. The normalized spacial score (nSPS) is 16.0. The predicted octanol–water partition coefficient (Wildman–Crippen LogP) is 5.18. The van der Waals surface area contributed by atoms with Gasteiger partial charge in [0.05, 0.1) is 25.3 Å². The SMILES string of the molecule is CCOc1c(CC(N)=O)cc([C@@](O)(CNC(=O)c2ccc3nc(C4CC4)oc3c2)c2ccccc2)nc1-c1ccc2c(c1)OC(F)(F)O2. The van der Waals surface area contributed by atoms with Crippen molar-refractivity contribution in [3.63, 3.8) is 0 Å². The molecular formula is C35H30F2N4O7. The molecule has 0 radical (unpaired) electrons. The molecule has 5 aromatic rings. The minimum absolute atomic E-state index is 0.0338. The average Bonchev–Trinajstić information content (AvgIpc) is 3.75. The van der Waals surface area contributed by atoms with E-state index in [1.165, 1.54) is 24.3 Å². The number of hydrogen-bond donors (Lipinski definition) is 3. The second-order valence-corrected chi connectivity index (χ2v) is 11.7. The molecule has 1 aliphatic carbocycles. The summed E-state index contributed by atoms with van der Waals surface area (Å²) in [4.78, 5) is 35.0. The number of rotatable bonds is 11. The van der Waals surface area contributed by atoms with Crippen molar-refractivity contribution in [2.45, 2.75) is 44.0 Å². The molecule has 2 amide bonds. The van der Waals surface area contributed by atoms with Gasteiger partial charge >= 0.3 is 6.29 Å². The van der Waals surface area contributed by atoms with Gasteiger partial charge in [-0.15, -0.1) is 8.78 Å². The van der Waals surface area contributed by atoms with Gasteiger partial charge in [-0.3, -0.25) is 9.59 Å². The molecule has 7 rings (SSSR count). The van der Waals surface area contributed by atoms with Crippen LogP contribution in [0.25, 0.3) is 22.4 Å². The zero-order valence-electron chi connectivity index (χ0n) is 25.7. The van der Waals surface area contributed by atoms with Gasteiger partial charge in [-0.25, -0.2) is 9.97 Å². The zero-order valence-corrected chi connectivity index (χ0v) is 25.7. The number of halogens is 2. The monoisotopic (exact) mass is 656 g/mol. The second kappa shape index (κ2) is 11.9. The molecule has 1 fully saturated rings. The van der Waals surface area contributed by atoms with Gasteiger partial charge in [-0.05, 0) is 67.8 Å². The highest BCUT2D eigenvalue weighted by atomic mass is 19.3. The number of alkyl halides is 2. The van der Waals surface area contributed by atoms with Gasteiger partial charge in [0, 0.05) is 22.6 Å².